The lowest BCUT2D eigenvalue weighted by atomic mass is 9.98. The molecule has 6 rings (SSSR count). The van der Waals surface area contributed by atoms with Crippen LogP contribution in [0.4, 0.5) is 0 Å². The minimum absolute atomic E-state index is 0.118. The first-order valence-corrected chi connectivity index (χ1v) is 15.6. The van der Waals surface area contributed by atoms with Crippen LogP contribution in [0.2, 0.25) is 0 Å². The van der Waals surface area contributed by atoms with Gasteiger partial charge in [0.1, 0.15) is 16.7 Å². The van der Waals surface area contributed by atoms with E-state index in [1.807, 2.05) is 18.2 Å². The van der Waals surface area contributed by atoms with Crippen molar-refractivity contribution in [3.63, 3.8) is 0 Å². The standard InChI is InChI=1S/C34H32N2O5S2/c37-32-31(43-34(42)36(32)13-12-23-4-7-26(8-5-23)33(38)39)21-24-6-11-30(41-19-16-35-14-17-40-18-15-35)29(20-24)28-10-9-25-2-1-3-27(25)22-28/h1,3-11,20-22H,2,12-19H2,(H,38,39). The van der Waals surface area contributed by atoms with Crippen LogP contribution in [0.15, 0.2) is 71.6 Å². The summed E-state index contributed by atoms with van der Waals surface area (Å²) in [4.78, 5) is 29.0. The Labute approximate surface area is 260 Å². The molecule has 0 atom stereocenters. The number of benzene rings is 3. The monoisotopic (exact) mass is 612 g/mol. The van der Waals surface area contributed by atoms with Gasteiger partial charge in [0.2, 0.25) is 0 Å². The van der Waals surface area contributed by atoms with Gasteiger partial charge in [0.25, 0.3) is 5.91 Å². The number of carboxylic acid groups (broad SMARTS) is 1. The quantitative estimate of drug-likeness (QED) is 0.228. The van der Waals surface area contributed by atoms with Crippen LogP contribution in [-0.4, -0.2) is 77.1 Å². The van der Waals surface area contributed by atoms with E-state index in [9.17, 15) is 9.59 Å². The van der Waals surface area contributed by atoms with Crippen molar-refractivity contribution in [1.82, 2.24) is 9.80 Å². The molecular formula is C34H32N2O5S2. The van der Waals surface area contributed by atoms with E-state index in [0.717, 1.165) is 67.3 Å². The third-order valence-corrected chi connectivity index (χ3v) is 9.24. The molecule has 7 nitrogen and oxygen atoms in total. The zero-order chi connectivity index (χ0) is 29.8. The summed E-state index contributed by atoms with van der Waals surface area (Å²) in [6.07, 6.45) is 7.77. The second kappa shape index (κ2) is 13.3. The number of allylic oxidation sites excluding steroid dienone is 1. The molecule has 2 saturated heterocycles. The van der Waals surface area contributed by atoms with Gasteiger partial charge >= 0.3 is 5.97 Å². The Morgan fingerprint density at radius 1 is 1.05 bits per heavy atom. The molecule has 3 aromatic rings. The molecular weight excluding hydrogens is 581 g/mol. The van der Waals surface area contributed by atoms with Crippen LogP contribution >= 0.6 is 24.0 Å². The molecule has 0 radical (unpaired) electrons. The molecule has 3 aliphatic rings. The van der Waals surface area contributed by atoms with Gasteiger partial charge in [-0.05, 0) is 77.1 Å². The third kappa shape index (κ3) is 6.91. The summed E-state index contributed by atoms with van der Waals surface area (Å²) in [6.45, 7) is 5.20. The van der Waals surface area contributed by atoms with E-state index in [1.165, 1.54) is 22.9 Å². The molecule has 0 unspecified atom stereocenters. The minimum atomic E-state index is -0.961. The number of rotatable bonds is 10. The molecule has 2 fully saturated rings. The highest BCUT2D eigenvalue weighted by Gasteiger charge is 2.31. The lowest BCUT2D eigenvalue weighted by molar-refractivity contribution is -0.122. The van der Waals surface area contributed by atoms with Gasteiger partial charge in [0.15, 0.2) is 0 Å². The van der Waals surface area contributed by atoms with Crippen LogP contribution in [0, 0.1) is 0 Å². The smallest absolute Gasteiger partial charge is 0.335 e. The molecule has 220 valence electrons. The number of nitrogens with zero attached hydrogens (tertiary/aromatic N) is 2. The third-order valence-electron chi connectivity index (χ3n) is 7.86. The van der Waals surface area contributed by atoms with Gasteiger partial charge in [-0.2, -0.15) is 0 Å². The highest BCUT2D eigenvalue weighted by molar-refractivity contribution is 8.26. The topological polar surface area (TPSA) is 79.3 Å². The van der Waals surface area contributed by atoms with Crippen molar-refractivity contribution in [2.24, 2.45) is 0 Å². The second-order valence-corrected chi connectivity index (χ2v) is 12.3. The largest absolute Gasteiger partial charge is 0.492 e. The van der Waals surface area contributed by atoms with Crippen LogP contribution in [0.3, 0.4) is 0 Å². The lowest BCUT2D eigenvalue weighted by Crippen LogP contribution is -2.38. The van der Waals surface area contributed by atoms with Crippen LogP contribution in [0.5, 0.6) is 5.75 Å². The number of carbonyl (C=O) groups excluding carboxylic acids is 1. The number of hydrogen-bond acceptors (Lipinski definition) is 7. The van der Waals surface area contributed by atoms with Crippen molar-refractivity contribution >= 4 is 52.3 Å². The van der Waals surface area contributed by atoms with Crippen molar-refractivity contribution in [2.75, 3.05) is 46.0 Å². The van der Waals surface area contributed by atoms with E-state index in [0.29, 0.717) is 28.8 Å². The Balaban J connectivity index is 1.20. The molecule has 1 N–H and O–H groups in total. The Morgan fingerprint density at radius 3 is 2.65 bits per heavy atom. The maximum absolute atomic E-state index is 13.4. The van der Waals surface area contributed by atoms with Crippen LogP contribution < -0.4 is 4.74 Å². The SMILES string of the molecule is O=C(O)c1ccc(CCN2C(=O)C(=Cc3ccc(OCCN4CCOCC4)c(-c4ccc5c(c4)C=CC5)c3)SC2=S)cc1. The first kappa shape index (κ1) is 29.3. The molecule has 0 spiro atoms. The van der Waals surface area contributed by atoms with Crippen molar-refractivity contribution in [3.8, 4) is 16.9 Å². The Kier molecular flexibility index (Phi) is 9.04. The minimum Gasteiger partial charge on any atom is -0.492 e. The van der Waals surface area contributed by atoms with Crippen molar-refractivity contribution < 1.29 is 24.2 Å². The fourth-order valence-electron chi connectivity index (χ4n) is 5.41. The summed E-state index contributed by atoms with van der Waals surface area (Å²) in [5.41, 5.74) is 6.68. The summed E-state index contributed by atoms with van der Waals surface area (Å²) in [6, 6.07) is 19.3. The predicted molar refractivity (Wildman–Crippen MR) is 174 cm³/mol. The zero-order valence-electron chi connectivity index (χ0n) is 23.7. The van der Waals surface area contributed by atoms with Gasteiger partial charge in [-0.25, -0.2) is 4.79 Å². The maximum atomic E-state index is 13.4. The number of thioether (sulfide) groups is 1. The predicted octanol–water partition coefficient (Wildman–Crippen LogP) is 5.78. The van der Waals surface area contributed by atoms with Gasteiger partial charge in [-0.1, -0.05) is 66.5 Å². The highest BCUT2D eigenvalue weighted by Crippen LogP contribution is 2.37. The number of ether oxygens (including phenoxy) is 2. The summed E-state index contributed by atoms with van der Waals surface area (Å²) in [5.74, 6) is -0.265. The van der Waals surface area contributed by atoms with Crippen molar-refractivity contribution in [3.05, 3.63) is 99.5 Å². The lowest BCUT2D eigenvalue weighted by Gasteiger charge is -2.26. The number of morpholine rings is 1. The maximum Gasteiger partial charge on any atom is 0.335 e. The van der Waals surface area contributed by atoms with Gasteiger partial charge in [-0.3, -0.25) is 14.6 Å². The number of thiocarbonyl (C=S) groups is 1. The molecule has 0 bridgehead atoms. The average molecular weight is 613 g/mol. The summed E-state index contributed by atoms with van der Waals surface area (Å²) >= 11 is 6.87. The normalized spacial score (nSPS) is 17.6. The number of carbonyl (C=O) groups is 2. The molecule has 3 aromatic carbocycles. The van der Waals surface area contributed by atoms with Crippen molar-refractivity contribution in [2.45, 2.75) is 12.8 Å². The number of fused-ring (bicyclic) bond motifs is 1. The molecule has 0 saturated carbocycles. The average Bonchev–Trinajstić information content (AvgIpc) is 3.60. The van der Waals surface area contributed by atoms with Crippen LogP contribution in [0.25, 0.3) is 23.3 Å². The summed E-state index contributed by atoms with van der Waals surface area (Å²) < 4.78 is 12.3. The molecule has 9 heteroatoms. The van der Waals surface area contributed by atoms with Crippen LogP contribution in [-0.2, 0) is 22.4 Å². The van der Waals surface area contributed by atoms with Gasteiger partial charge in [0.05, 0.1) is 23.7 Å². The second-order valence-electron chi connectivity index (χ2n) is 10.7. The zero-order valence-corrected chi connectivity index (χ0v) is 25.3. The fraction of sp³-hybridized carbons (Fsp3) is 0.265. The number of aromatic carboxylic acids is 1. The molecule has 2 heterocycles. The Bertz CT molecular complexity index is 1610. The first-order valence-electron chi connectivity index (χ1n) is 14.4. The molecule has 43 heavy (non-hydrogen) atoms. The van der Waals surface area contributed by atoms with Crippen LogP contribution in [0.1, 0.15) is 32.6 Å². The van der Waals surface area contributed by atoms with Crippen molar-refractivity contribution in [1.29, 1.82) is 0 Å². The van der Waals surface area contributed by atoms with E-state index in [-0.39, 0.29) is 11.5 Å². The van der Waals surface area contributed by atoms with Gasteiger partial charge < -0.3 is 14.6 Å². The Morgan fingerprint density at radius 2 is 1.86 bits per heavy atom. The number of carboxylic acids is 1. The van der Waals surface area contributed by atoms with Gasteiger partial charge in [0, 0.05) is 31.7 Å². The van der Waals surface area contributed by atoms with E-state index in [1.54, 1.807) is 29.2 Å². The molecule has 1 aliphatic carbocycles. The summed E-state index contributed by atoms with van der Waals surface area (Å²) in [7, 11) is 0. The van der Waals surface area contributed by atoms with E-state index >= 15 is 0 Å². The van der Waals surface area contributed by atoms with Gasteiger partial charge in [-0.15, -0.1) is 0 Å². The van der Waals surface area contributed by atoms with E-state index < -0.39 is 5.97 Å². The number of hydrogen-bond donors (Lipinski definition) is 1. The first-order chi connectivity index (χ1) is 20.9. The Hall–Kier alpha value is -3.76. The molecule has 0 aromatic heterocycles. The number of amides is 1. The molecule has 2 aliphatic heterocycles. The van der Waals surface area contributed by atoms with E-state index in [2.05, 4.69) is 41.3 Å². The summed E-state index contributed by atoms with van der Waals surface area (Å²) in [5, 5.41) is 9.13. The fourth-order valence-corrected chi connectivity index (χ4v) is 6.72. The highest BCUT2D eigenvalue weighted by atomic mass is 32.2. The molecule has 1 amide bonds. The van der Waals surface area contributed by atoms with E-state index in [4.69, 9.17) is 26.8 Å².